The molecule has 2 bridgehead atoms. The Morgan fingerprint density at radius 1 is 1.17 bits per heavy atom. The van der Waals surface area contributed by atoms with Gasteiger partial charge in [-0.05, 0) is 61.1 Å². The first kappa shape index (κ1) is 15.2. The van der Waals surface area contributed by atoms with Crippen molar-refractivity contribution in [2.75, 3.05) is 6.61 Å². The lowest BCUT2D eigenvalue weighted by atomic mass is 9.77. The van der Waals surface area contributed by atoms with Crippen LogP contribution in [0.4, 0.5) is 0 Å². The van der Waals surface area contributed by atoms with E-state index in [1.807, 2.05) is 12.1 Å². The van der Waals surface area contributed by atoms with Crippen LogP contribution in [0.2, 0.25) is 0 Å². The summed E-state index contributed by atoms with van der Waals surface area (Å²) in [6.45, 7) is 5.34. The molecule has 1 aromatic carbocycles. The molecule has 3 heteroatoms. The number of esters is 1. The lowest BCUT2D eigenvalue weighted by Crippen LogP contribution is -2.48. The predicted octanol–water partition coefficient (Wildman–Crippen LogP) is 4.17. The van der Waals surface area contributed by atoms with Gasteiger partial charge in [-0.25, -0.2) is 0 Å². The molecule has 0 N–H and O–H groups in total. The highest BCUT2D eigenvalue weighted by atomic mass is 16.5. The maximum absolute atomic E-state index is 12.5. The molecule has 23 heavy (non-hydrogen) atoms. The Hall–Kier alpha value is -1.35. The van der Waals surface area contributed by atoms with Crippen molar-refractivity contribution < 1.29 is 14.3 Å². The monoisotopic (exact) mass is 314 g/mol. The summed E-state index contributed by atoms with van der Waals surface area (Å²) in [6.07, 6.45) is 4.78. The minimum Gasteiger partial charge on any atom is -0.426 e. The molecular weight excluding hydrogens is 288 g/mol. The summed E-state index contributed by atoms with van der Waals surface area (Å²) in [6, 6.07) is 8.10. The molecule has 4 rings (SSSR count). The molecule has 0 spiro atoms. The van der Waals surface area contributed by atoms with Gasteiger partial charge < -0.3 is 9.47 Å². The van der Waals surface area contributed by atoms with Gasteiger partial charge in [-0.2, -0.15) is 0 Å². The number of hydrogen-bond acceptors (Lipinski definition) is 3. The van der Waals surface area contributed by atoms with Crippen molar-refractivity contribution in [3.05, 3.63) is 29.8 Å². The Balaban J connectivity index is 1.39. The summed E-state index contributed by atoms with van der Waals surface area (Å²) >= 11 is 0. The van der Waals surface area contributed by atoms with Crippen molar-refractivity contribution >= 4 is 5.97 Å². The summed E-state index contributed by atoms with van der Waals surface area (Å²) in [5.74, 6) is 3.07. The van der Waals surface area contributed by atoms with E-state index in [4.69, 9.17) is 9.47 Å². The van der Waals surface area contributed by atoms with E-state index in [0.29, 0.717) is 29.6 Å². The first-order valence-corrected chi connectivity index (χ1v) is 9.14. The zero-order chi connectivity index (χ0) is 16.0. The number of benzene rings is 1. The third kappa shape index (κ3) is 2.50. The van der Waals surface area contributed by atoms with Gasteiger partial charge in [0.05, 0.1) is 18.6 Å². The van der Waals surface area contributed by atoms with Crippen molar-refractivity contribution in [3.63, 3.8) is 0 Å². The van der Waals surface area contributed by atoms with E-state index < -0.39 is 0 Å². The predicted molar refractivity (Wildman–Crippen MR) is 88.3 cm³/mol. The van der Waals surface area contributed by atoms with Crippen LogP contribution in [0.25, 0.3) is 0 Å². The Kier molecular flexibility index (Phi) is 3.92. The fourth-order valence-corrected chi connectivity index (χ4v) is 5.02. The highest BCUT2D eigenvalue weighted by molar-refractivity contribution is 5.76. The minimum absolute atomic E-state index is 0.0419. The normalized spacial score (nSPS) is 34.3. The van der Waals surface area contributed by atoms with Gasteiger partial charge in [0.25, 0.3) is 0 Å². The molecule has 3 nitrogen and oxygen atoms in total. The largest absolute Gasteiger partial charge is 0.426 e. The Morgan fingerprint density at radius 3 is 2.48 bits per heavy atom. The number of hydrogen-bond donors (Lipinski definition) is 0. The number of carbonyl (C=O) groups is 1. The van der Waals surface area contributed by atoms with Gasteiger partial charge in [0.2, 0.25) is 0 Å². The van der Waals surface area contributed by atoms with Gasteiger partial charge in [-0.3, -0.25) is 4.79 Å². The highest BCUT2D eigenvalue weighted by Crippen LogP contribution is 2.57. The summed E-state index contributed by atoms with van der Waals surface area (Å²) in [5.41, 5.74) is 1.33. The minimum atomic E-state index is -0.0540. The number of carbonyl (C=O) groups excluding carboxylic acids is 1. The van der Waals surface area contributed by atoms with Crippen molar-refractivity contribution in [2.24, 2.45) is 23.7 Å². The molecule has 3 fully saturated rings. The summed E-state index contributed by atoms with van der Waals surface area (Å²) < 4.78 is 11.3. The summed E-state index contributed by atoms with van der Waals surface area (Å²) in [4.78, 5) is 12.5. The van der Waals surface area contributed by atoms with Crippen molar-refractivity contribution in [1.29, 1.82) is 0 Å². The molecule has 5 atom stereocenters. The molecule has 3 aliphatic rings. The first-order chi connectivity index (χ1) is 11.2. The molecular formula is C20H26O3. The van der Waals surface area contributed by atoms with Crippen molar-refractivity contribution in [3.8, 4) is 5.75 Å². The zero-order valence-corrected chi connectivity index (χ0v) is 14.0. The van der Waals surface area contributed by atoms with E-state index in [9.17, 15) is 4.79 Å². The molecule has 1 aromatic rings. The van der Waals surface area contributed by atoms with Crippen molar-refractivity contribution in [1.82, 2.24) is 0 Å². The standard InChI is InChI=1S/C20H26O3/c1-3-12(4-2)13-5-7-15(8-6-13)23-20(21)17-10-14-9-16(17)19-18(14)11-22-19/h5-8,12,14,16-19H,3-4,9-11H2,1-2H3. The van der Waals surface area contributed by atoms with E-state index in [2.05, 4.69) is 26.0 Å². The van der Waals surface area contributed by atoms with E-state index in [1.165, 1.54) is 5.56 Å². The Bertz CT molecular complexity index is 573. The average Bonchev–Trinajstić information content (AvgIpc) is 3.02. The van der Waals surface area contributed by atoms with Crippen molar-refractivity contribution in [2.45, 2.75) is 51.6 Å². The van der Waals surface area contributed by atoms with Crippen LogP contribution in [0.15, 0.2) is 24.3 Å². The molecule has 1 aliphatic heterocycles. The topological polar surface area (TPSA) is 35.5 Å². The van der Waals surface area contributed by atoms with Crippen LogP contribution in [-0.2, 0) is 9.53 Å². The molecule has 0 amide bonds. The average molecular weight is 314 g/mol. The smallest absolute Gasteiger partial charge is 0.314 e. The summed E-state index contributed by atoms with van der Waals surface area (Å²) in [7, 11) is 0. The van der Waals surface area contributed by atoms with Crippen LogP contribution >= 0.6 is 0 Å². The van der Waals surface area contributed by atoms with Crippen LogP contribution in [0.5, 0.6) is 5.75 Å². The molecule has 1 saturated heterocycles. The van der Waals surface area contributed by atoms with E-state index in [0.717, 1.165) is 38.2 Å². The molecule has 1 heterocycles. The molecule has 5 unspecified atom stereocenters. The maximum Gasteiger partial charge on any atom is 0.314 e. The van der Waals surface area contributed by atoms with E-state index >= 15 is 0 Å². The second-order valence-electron chi connectivity index (χ2n) is 7.47. The van der Waals surface area contributed by atoms with Crippen LogP contribution in [0.1, 0.15) is 51.0 Å². The van der Waals surface area contributed by atoms with Gasteiger partial charge in [0.15, 0.2) is 0 Å². The van der Waals surface area contributed by atoms with Gasteiger partial charge in [0.1, 0.15) is 5.75 Å². The Morgan fingerprint density at radius 2 is 1.91 bits per heavy atom. The number of rotatable bonds is 5. The van der Waals surface area contributed by atoms with E-state index in [-0.39, 0.29) is 11.9 Å². The quantitative estimate of drug-likeness (QED) is 0.604. The van der Waals surface area contributed by atoms with Gasteiger partial charge in [-0.1, -0.05) is 26.0 Å². The molecule has 124 valence electrons. The lowest BCUT2D eigenvalue weighted by molar-refractivity contribution is -0.167. The third-order valence-corrected chi connectivity index (χ3v) is 6.44. The van der Waals surface area contributed by atoms with Crippen LogP contribution in [0.3, 0.4) is 0 Å². The zero-order valence-electron chi connectivity index (χ0n) is 14.0. The van der Waals surface area contributed by atoms with E-state index in [1.54, 1.807) is 0 Å². The van der Waals surface area contributed by atoms with Crippen LogP contribution in [0, 0.1) is 23.7 Å². The van der Waals surface area contributed by atoms with Gasteiger partial charge >= 0.3 is 5.97 Å². The van der Waals surface area contributed by atoms with Gasteiger partial charge in [0, 0.05) is 5.92 Å². The molecule has 0 aromatic heterocycles. The van der Waals surface area contributed by atoms with Crippen LogP contribution < -0.4 is 4.74 Å². The highest BCUT2D eigenvalue weighted by Gasteiger charge is 2.59. The molecule has 0 radical (unpaired) electrons. The third-order valence-electron chi connectivity index (χ3n) is 6.44. The second-order valence-corrected chi connectivity index (χ2v) is 7.47. The first-order valence-electron chi connectivity index (χ1n) is 9.14. The van der Waals surface area contributed by atoms with Crippen LogP contribution in [-0.4, -0.2) is 18.7 Å². The summed E-state index contributed by atoms with van der Waals surface area (Å²) in [5, 5.41) is 0. The number of fused-ring (bicyclic) bond motifs is 5. The molecule has 2 aliphatic carbocycles. The second kappa shape index (κ2) is 5.94. The SMILES string of the molecule is CCC(CC)c1ccc(OC(=O)C2CC3CC2C2OCC32)cc1. The fourth-order valence-electron chi connectivity index (χ4n) is 5.02. The maximum atomic E-state index is 12.5. The molecule has 2 saturated carbocycles. The number of ether oxygens (including phenoxy) is 2. The fraction of sp³-hybridized carbons (Fsp3) is 0.650. The van der Waals surface area contributed by atoms with Gasteiger partial charge in [-0.15, -0.1) is 0 Å². The Labute approximate surface area is 138 Å². The lowest BCUT2D eigenvalue weighted by Gasteiger charge is -2.42.